The van der Waals surface area contributed by atoms with E-state index in [-0.39, 0.29) is 5.91 Å². The van der Waals surface area contributed by atoms with E-state index in [2.05, 4.69) is 53.5 Å². The number of para-hydroxylation sites is 1. The van der Waals surface area contributed by atoms with Gasteiger partial charge >= 0.3 is 0 Å². The second kappa shape index (κ2) is 8.00. The Balaban J connectivity index is 1.56. The minimum Gasteiger partial charge on any atom is -0.367 e. The number of rotatable bonds is 7. The average Bonchev–Trinajstić information content (AvgIpc) is 3.02. The fraction of sp³-hybridized carbons (Fsp3) is 0.381. The number of hydrogen-bond acceptors (Lipinski definition) is 2. The third-order valence-electron chi connectivity index (χ3n) is 4.64. The maximum Gasteiger partial charge on any atom is 0.251 e. The Bertz CT molecular complexity index is 678. The molecule has 0 spiro atoms. The number of benzene rings is 2. The maximum absolute atomic E-state index is 12.1. The summed E-state index contributed by atoms with van der Waals surface area (Å²) in [6.07, 6.45) is 4.50. The first kappa shape index (κ1) is 16.6. The van der Waals surface area contributed by atoms with E-state index in [1.165, 1.54) is 23.2 Å². The number of fused-ring (bicyclic) bond motifs is 1. The Labute approximate surface area is 144 Å². The van der Waals surface area contributed by atoms with Crippen LogP contribution in [0.15, 0.2) is 48.5 Å². The minimum absolute atomic E-state index is 0.0316. The van der Waals surface area contributed by atoms with Gasteiger partial charge in [0.1, 0.15) is 0 Å². The first-order valence-electron chi connectivity index (χ1n) is 8.98. The topological polar surface area (TPSA) is 32.3 Å². The van der Waals surface area contributed by atoms with Crippen molar-refractivity contribution in [1.82, 2.24) is 5.32 Å². The van der Waals surface area contributed by atoms with Crippen LogP contribution in [0.4, 0.5) is 5.69 Å². The normalized spacial score (nSPS) is 13.0. The van der Waals surface area contributed by atoms with Crippen molar-refractivity contribution in [2.75, 3.05) is 18.0 Å². The zero-order valence-corrected chi connectivity index (χ0v) is 14.4. The molecule has 0 fully saturated rings. The molecule has 126 valence electrons. The smallest absolute Gasteiger partial charge is 0.251 e. The fourth-order valence-corrected chi connectivity index (χ4v) is 3.23. The lowest BCUT2D eigenvalue weighted by Gasteiger charge is -2.19. The largest absolute Gasteiger partial charge is 0.367 e. The van der Waals surface area contributed by atoms with Crippen LogP contribution in [-0.4, -0.2) is 19.0 Å². The Morgan fingerprint density at radius 3 is 2.67 bits per heavy atom. The van der Waals surface area contributed by atoms with Crippen molar-refractivity contribution < 1.29 is 4.79 Å². The van der Waals surface area contributed by atoms with E-state index in [4.69, 9.17) is 0 Å². The number of hydrogen-bond donors (Lipinski definition) is 1. The highest BCUT2D eigenvalue weighted by atomic mass is 16.1. The van der Waals surface area contributed by atoms with Gasteiger partial charge < -0.3 is 10.2 Å². The van der Waals surface area contributed by atoms with E-state index in [0.717, 1.165) is 44.5 Å². The first-order valence-corrected chi connectivity index (χ1v) is 8.98. The van der Waals surface area contributed by atoms with Gasteiger partial charge in [-0.15, -0.1) is 0 Å². The SMILES string of the molecule is CCCCCNC(=O)c1ccc(CN2CCc3ccccc32)cc1. The molecule has 0 atom stereocenters. The van der Waals surface area contributed by atoms with Gasteiger partial charge in [-0.1, -0.05) is 50.1 Å². The monoisotopic (exact) mass is 322 g/mol. The molecule has 1 aliphatic heterocycles. The zero-order chi connectivity index (χ0) is 16.8. The molecule has 2 aromatic carbocycles. The molecule has 3 nitrogen and oxygen atoms in total. The van der Waals surface area contributed by atoms with Crippen LogP contribution in [0, 0.1) is 0 Å². The van der Waals surface area contributed by atoms with Crippen LogP contribution < -0.4 is 10.2 Å². The van der Waals surface area contributed by atoms with Crippen LogP contribution in [0.1, 0.15) is 47.7 Å². The van der Waals surface area contributed by atoms with Gasteiger partial charge in [-0.2, -0.15) is 0 Å². The molecular weight excluding hydrogens is 296 g/mol. The number of nitrogens with one attached hydrogen (secondary N) is 1. The number of carbonyl (C=O) groups excluding carboxylic acids is 1. The second-order valence-electron chi connectivity index (χ2n) is 6.46. The molecule has 1 aliphatic rings. The van der Waals surface area contributed by atoms with Crippen LogP contribution in [0.3, 0.4) is 0 Å². The van der Waals surface area contributed by atoms with Gasteiger partial charge in [0, 0.05) is 30.9 Å². The van der Waals surface area contributed by atoms with Crippen LogP contribution in [0.25, 0.3) is 0 Å². The second-order valence-corrected chi connectivity index (χ2v) is 6.46. The van der Waals surface area contributed by atoms with Crippen molar-refractivity contribution in [2.24, 2.45) is 0 Å². The Kier molecular flexibility index (Phi) is 5.52. The summed E-state index contributed by atoms with van der Waals surface area (Å²) in [7, 11) is 0. The predicted molar refractivity (Wildman–Crippen MR) is 99.5 cm³/mol. The van der Waals surface area contributed by atoms with Gasteiger partial charge in [-0.05, 0) is 42.2 Å². The van der Waals surface area contributed by atoms with Gasteiger partial charge in [0.2, 0.25) is 0 Å². The highest BCUT2D eigenvalue weighted by Crippen LogP contribution is 2.28. The van der Waals surface area contributed by atoms with Gasteiger partial charge in [-0.25, -0.2) is 0 Å². The summed E-state index contributed by atoms with van der Waals surface area (Å²) in [6.45, 7) is 4.90. The zero-order valence-electron chi connectivity index (χ0n) is 14.4. The predicted octanol–water partition coefficient (Wildman–Crippen LogP) is 4.17. The van der Waals surface area contributed by atoms with E-state index >= 15 is 0 Å². The minimum atomic E-state index is 0.0316. The highest BCUT2D eigenvalue weighted by molar-refractivity contribution is 5.94. The lowest BCUT2D eigenvalue weighted by atomic mass is 10.1. The quantitative estimate of drug-likeness (QED) is 0.776. The molecule has 3 heteroatoms. The van der Waals surface area contributed by atoms with Crippen molar-refractivity contribution >= 4 is 11.6 Å². The van der Waals surface area contributed by atoms with Crippen molar-refractivity contribution in [1.29, 1.82) is 0 Å². The molecule has 24 heavy (non-hydrogen) atoms. The molecule has 0 aliphatic carbocycles. The number of unbranched alkanes of at least 4 members (excludes halogenated alkanes) is 2. The molecule has 0 bridgehead atoms. The molecule has 0 saturated heterocycles. The van der Waals surface area contributed by atoms with E-state index in [1.807, 2.05) is 12.1 Å². The van der Waals surface area contributed by atoms with Gasteiger partial charge in [0.05, 0.1) is 0 Å². The van der Waals surface area contributed by atoms with Crippen molar-refractivity contribution in [3.8, 4) is 0 Å². The van der Waals surface area contributed by atoms with Crippen LogP contribution in [0.2, 0.25) is 0 Å². The number of carbonyl (C=O) groups is 1. The lowest BCUT2D eigenvalue weighted by molar-refractivity contribution is 0.0953. The molecule has 3 rings (SSSR count). The summed E-state index contributed by atoms with van der Waals surface area (Å²) in [5.74, 6) is 0.0316. The highest BCUT2D eigenvalue weighted by Gasteiger charge is 2.18. The van der Waals surface area contributed by atoms with Crippen LogP contribution in [-0.2, 0) is 13.0 Å². The molecule has 0 saturated carbocycles. The van der Waals surface area contributed by atoms with Crippen molar-refractivity contribution in [3.05, 3.63) is 65.2 Å². The van der Waals surface area contributed by atoms with Gasteiger partial charge in [-0.3, -0.25) is 4.79 Å². The van der Waals surface area contributed by atoms with E-state index < -0.39 is 0 Å². The van der Waals surface area contributed by atoms with Crippen molar-refractivity contribution in [2.45, 2.75) is 39.2 Å². The van der Waals surface area contributed by atoms with E-state index in [9.17, 15) is 4.79 Å². The summed E-state index contributed by atoms with van der Waals surface area (Å²) < 4.78 is 0. The first-order chi connectivity index (χ1) is 11.8. The summed E-state index contributed by atoms with van der Waals surface area (Å²) in [4.78, 5) is 14.5. The molecule has 1 heterocycles. The summed E-state index contributed by atoms with van der Waals surface area (Å²) in [6, 6.07) is 16.6. The van der Waals surface area contributed by atoms with Gasteiger partial charge in [0.15, 0.2) is 0 Å². The molecule has 1 N–H and O–H groups in total. The molecule has 0 radical (unpaired) electrons. The number of anilines is 1. The third-order valence-corrected chi connectivity index (χ3v) is 4.64. The summed E-state index contributed by atoms with van der Waals surface area (Å²) >= 11 is 0. The molecule has 0 aromatic heterocycles. The molecular formula is C21H26N2O. The number of nitrogens with zero attached hydrogens (tertiary/aromatic N) is 1. The summed E-state index contributed by atoms with van der Waals surface area (Å²) in [5, 5.41) is 2.99. The fourth-order valence-electron chi connectivity index (χ4n) is 3.23. The summed E-state index contributed by atoms with van der Waals surface area (Å²) in [5.41, 5.74) is 4.77. The van der Waals surface area contributed by atoms with Crippen molar-refractivity contribution in [3.63, 3.8) is 0 Å². The molecule has 0 unspecified atom stereocenters. The van der Waals surface area contributed by atoms with E-state index in [0.29, 0.717) is 0 Å². The number of amides is 1. The Morgan fingerprint density at radius 1 is 1.08 bits per heavy atom. The maximum atomic E-state index is 12.1. The third kappa shape index (κ3) is 3.97. The van der Waals surface area contributed by atoms with Crippen LogP contribution >= 0.6 is 0 Å². The average molecular weight is 322 g/mol. The molecule has 1 amide bonds. The lowest BCUT2D eigenvalue weighted by Crippen LogP contribution is -2.24. The van der Waals surface area contributed by atoms with Gasteiger partial charge in [0.25, 0.3) is 5.91 Å². The Morgan fingerprint density at radius 2 is 1.88 bits per heavy atom. The van der Waals surface area contributed by atoms with E-state index in [1.54, 1.807) is 0 Å². The standard InChI is InChI=1S/C21H26N2O/c1-2-3-6-14-22-21(24)19-11-9-17(10-12-19)16-23-15-13-18-7-4-5-8-20(18)23/h4-5,7-12H,2-3,6,13-16H2,1H3,(H,22,24). The molecule has 2 aromatic rings. The Hall–Kier alpha value is -2.29. The van der Waals surface area contributed by atoms with Crippen LogP contribution in [0.5, 0.6) is 0 Å².